The molecule has 0 spiro atoms. The van der Waals surface area contributed by atoms with Crippen LogP contribution in [-0.2, 0) is 14.4 Å². The van der Waals surface area contributed by atoms with E-state index in [0.29, 0.717) is 22.5 Å². The number of ether oxygens (including phenoxy) is 1. The summed E-state index contributed by atoms with van der Waals surface area (Å²) in [5.74, 6) is -0.762. The number of thioether (sulfide) groups is 1. The molecule has 0 aliphatic carbocycles. The Kier molecular flexibility index (Phi) is 7.39. The summed E-state index contributed by atoms with van der Waals surface area (Å²) in [6, 6.07) is 16.5. The minimum absolute atomic E-state index is 0.0411. The van der Waals surface area contributed by atoms with Crippen molar-refractivity contribution in [3.63, 3.8) is 0 Å². The zero-order valence-corrected chi connectivity index (χ0v) is 20.2. The van der Waals surface area contributed by atoms with E-state index in [0.717, 1.165) is 11.3 Å². The third-order valence-corrected chi connectivity index (χ3v) is 6.78. The van der Waals surface area contributed by atoms with Gasteiger partial charge in [-0.2, -0.15) is 4.99 Å². The van der Waals surface area contributed by atoms with Crippen LogP contribution in [0.15, 0.2) is 65.0 Å². The van der Waals surface area contributed by atoms with E-state index in [1.165, 1.54) is 30.0 Å². The normalized spacial score (nSPS) is 16.6. The van der Waals surface area contributed by atoms with Crippen molar-refractivity contribution in [1.82, 2.24) is 9.88 Å². The van der Waals surface area contributed by atoms with E-state index in [4.69, 9.17) is 4.74 Å². The lowest BCUT2D eigenvalue weighted by Gasteiger charge is -2.13. The van der Waals surface area contributed by atoms with E-state index in [-0.39, 0.29) is 24.0 Å². The highest BCUT2D eigenvalue weighted by Gasteiger charge is 2.38. The number of hydrogen-bond donors (Lipinski definition) is 1. The fourth-order valence-electron chi connectivity index (χ4n) is 3.34. The molecule has 1 fully saturated rings. The molecule has 2 heterocycles. The minimum Gasteiger partial charge on any atom is -0.424 e. The highest BCUT2D eigenvalue weighted by atomic mass is 32.2. The Balaban J connectivity index is 1.46. The number of nitrogens with one attached hydrogen (secondary N) is 1. The molecule has 0 saturated carbocycles. The van der Waals surface area contributed by atoms with Crippen LogP contribution in [0, 0.1) is 0 Å². The lowest BCUT2D eigenvalue weighted by molar-refractivity contribution is -0.132. The SMILES string of the molecule is CCN1C(=O)C(CC(=O)Nc2ccccc2OC(C)=O)S/C1=N/c1nc(-c2ccccc2)cs1. The molecule has 0 bridgehead atoms. The number of benzene rings is 2. The first-order valence-corrected chi connectivity index (χ1v) is 12.4. The molecule has 2 amide bonds. The van der Waals surface area contributed by atoms with Crippen LogP contribution in [0.1, 0.15) is 20.3 Å². The second-order valence-corrected chi connectivity index (χ2v) is 9.31. The van der Waals surface area contributed by atoms with E-state index in [2.05, 4.69) is 15.3 Å². The van der Waals surface area contributed by atoms with Crippen molar-refractivity contribution in [3.8, 4) is 17.0 Å². The molecular formula is C24H22N4O4S2. The summed E-state index contributed by atoms with van der Waals surface area (Å²) in [4.78, 5) is 47.7. The van der Waals surface area contributed by atoms with Gasteiger partial charge in [-0.1, -0.05) is 54.2 Å². The number of esters is 1. The number of aromatic nitrogens is 1. The molecule has 4 rings (SSSR count). The lowest BCUT2D eigenvalue weighted by atomic mass is 10.2. The number of thiazole rings is 1. The highest BCUT2D eigenvalue weighted by Crippen LogP contribution is 2.34. The number of amidine groups is 1. The van der Waals surface area contributed by atoms with E-state index < -0.39 is 11.2 Å². The van der Waals surface area contributed by atoms with Crippen LogP contribution < -0.4 is 10.1 Å². The summed E-state index contributed by atoms with van der Waals surface area (Å²) >= 11 is 2.65. The molecule has 174 valence electrons. The van der Waals surface area contributed by atoms with Crippen molar-refractivity contribution in [2.45, 2.75) is 25.5 Å². The van der Waals surface area contributed by atoms with Gasteiger partial charge in [0, 0.05) is 30.8 Å². The standard InChI is InChI=1S/C24H22N4O4S2/c1-3-28-22(31)20(13-21(30)25-17-11-7-8-12-19(17)32-15(2)29)34-24(28)27-23-26-18(14-33-23)16-9-5-4-6-10-16/h4-12,14,20H,3,13H2,1-2H3,(H,25,30)/b27-24+. The van der Waals surface area contributed by atoms with Crippen LogP contribution in [0.2, 0.25) is 0 Å². The zero-order chi connectivity index (χ0) is 24.1. The molecule has 1 unspecified atom stereocenters. The van der Waals surface area contributed by atoms with Gasteiger partial charge >= 0.3 is 5.97 Å². The number of carbonyl (C=O) groups is 3. The fourth-order valence-corrected chi connectivity index (χ4v) is 5.30. The third kappa shape index (κ3) is 5.52. The van der Waals surface area contributed by atoms with Gasteiger partial charge in [-0.05, 0) is 19.1 Å². The molecule has 1 N–H and O–H groups in total. The van der Waals surface area contributed by atoms with Gasteiger partial charge in [-0.3, -0.25) is 19.3 Å². The monoisotopic (exact) mass is 494 g/mol. The molecule has 1 aromatic heterocycles. The first kappa shape index (κ1) is 23.7. The van der Waals surface area contributed by atoms with Crippen molar-refractivity contribution >= 4 is 56.9 Å². The Morgan fingerprint density at radius 1 is 1.15 bits per heavy atom. The maximum absolute atomic E-state index is 12.9. The smallest absolute Gasteiger partial charge is 0.308 e. The molecule has 1 aliphatic rings. The largest absolute Gasteiger partial charge is 0.424 e. The first-order valence-electron chi connectivity index (χ1n) is 10.6. The van der Waals surface area contributed by atoms with Crippen molar-refractivity contribution in [2.75, 3.05) is 11.9 Å². The van der Waals surface area contributed by atoms with Gasteiger partial charge in [-0.25, -0.2) is 4.98 Å². The number of aliphatic imine (C=N–C) groups is 1. The Labute approximate surface area is 205 Å². The van der Waals surface area contributed by atoms with E-state index in [1.54, 1.807) is 29.2 Å². The quantitative estimate of drug-likeness (QED) is 0.377. The molecule has 10 heteroatoms. The van der Waals surface area contributed by atoms with Gasteiger partial charge in [0.25, 0.3) is 0 Å². The topological polar surface area (TPSA) is 101 Å². The number of carbonyl (C=O) groups excluding carboxylic acids is 3. The highest BCUT2D eigenvalue weighted by molar-refractivity contribution is 8.15. The molecular weight excluding hydrogens is 472 g/mol. The molecule has 3 aromatic rings. The molecule has 1 atom stereocenters. The second-order valence-electron chi connectivity index (χ2n) is 7.31. The van der Waals surface area contributed by atoms with Gasteiger partial charge in [0.05, 0.1) is 11.4 Å². The maximum atomic E-state index is 12.9. The number of anilines is 1. The van der Waals surface area contributed by atoms with Gasteiger partial charge < -0.3 is 10.1 Å². The van der Waals surface area contributed by atoms with Gasteiger partial charge in [0.2, 0.25) is 16.9 Å². The van der Waals surface area contributed by atoms with E-state index in [9.17, 15) is 14.4 Å². The molecule has 34 heavy (non-hydrogen) atoms. The molecule has 8 nitrogen and oxygen atoms in total. The molecule has 0 radical (unpaired) electrons. The van der Waals surface area contributed by atoms with Crippen LogP contribution in [0.25, 0.3) is 11.3 Å². The van der Waals surface area contributed by atoms with Crippen LogP contribution >= 0.6 is 23.1 Å². The third-order valence-electron chi connectivity index (χ3n) is 4.87. The van der Waals surface area contributed by atoms with Crippen molar-refractivity contribution in [2.24, 2.45) is 4.99 Å². The second kappa shape index (κ2) is 10.6. The summed E-state index contributed by atoms with van der Waals surface area (Å²) in [5, 5.41) is 5.13. The van der Waals surface area contributed by atoms with Crippen molar-refractivity contribution in [3.05, 3.63) is 60.0 Å². The summed E-state index contributed by atoms with van der Waals surface area (Å²) < 4.78 is 5.13. The Bertz CT molecular complexity index is 1240. The van der Waals surface area contributed by atoms with Crippen molar-refractivity contribution < 1.29 is 19.1 Å². The van der Waals surface area contributed by atoms with Crippen LogP contribution in [0.3, 0.4) is 0 Å². The Hall–Kier alpha value is -3.50. The van der Waals surface area contributed by atoms with Gasteiger partial charge in [0.1, 0.15) is 5.25 Å². The Morgan fingerprint density at radius 3 is 2.62 bits per heavy atom. The van der Waals surface area contributed by atoms with Crippen molar-refractivity contribution in [1.29, 1.82) is 0 Å². The van der Waals surface area contributed by atoms with E-state index >= 15 is 0 Å². The van der Waals surface area contributed by atoms with Crippen LogP contribution in [-0.4, -0.2) is 44.6 Å². The predicted octanol–water partition coefficient (Wildman–Crippen LogP) is 4.72. The predicted molar refractivity (Wildman–Crippen MR) is 134 cm³/mol. The Morgan fingerprint density at radius 2 is 1.88 bits per heavy atom. The number of hydrogen-bond acceptors (Lipinski definition) is 8. The van der Waals surface area contributed by atoms with Crippen LogP contribution in [0.5, 0.6) is 5.75 Å². The molecule has 1 saturated heterocycles. The summed E-state index contributed by atoms with van der Waals surface area (Å²) in [7, 11) is 0. The molecule has 1 aliphatic heterocycles. The lowest BCUT2D eigenvalue weighted by Crippen LogP contribution is -2.33. The summed E-state index contributed by atoms with van der Waals surface area (Å²) in [5.41, 5.74) is 2.19. The molecule has 2 aromatic carbocycles. The first-order chi connectivity index (χ1) is 16.4. The van der Waals surface area contributed by atoms with Gasteiger partial charge in [-0.15, -0.1) is 11.3 Å². The van der Waals surface area contributed by atoms with E-state index in [1.807, 2.05) is 42.6 Å². The maximum Gasteiger partial charge on any atom is 0.308 e. The van der Waals surface area contributed by atoms with Gasteiger partial charge in [0.15, 0.2) is 10.9 Å². The average Bonchev–Trinajstić information content (AvgIpc) is 3.40. The number of nitrogens with zero attached hydrogens (tertiary/aromatic N) is 3. The summed E-state index contributed by atoms with van der Waals surface area (Å²) in [6.45, 7) is 3.59. The minimum atomic E-state index is -0.604. The number of rotatable bonds is 7. The summed E-state index contributed by atoms with van der Waals surface area (Å²) in [6.07, 6.45) is -0.0411. The zero-order valence-electron chi connectivity index (χ0n) is 18.6. The fraction of sp³-hybridized carbons (Fsp3) is 0.208. The van der Waals surface area contributed by atoms with Crippen LogP contribution in [0.4, 0.5) is 10.8 Å². The average molecular weight is 495 g/mol. The number of para-hydroxylation sites is 2. The number of amides is 2.